The summed E-state index contributed by atoms with van der Waals surface area (Å²) in [6, 6.07) is 5.20. The zero-order chi connectivity index (χ0) is 16.1. The Balaban J connectivity index is 1.97. The van der Waals surface area contributed by atoms with Crippen LogP contribution in [0.1, 0.15) is 28.9 Å². The number of carbonyl (C=O) groups excluding carboxylic acids is 1. The van der Waals surface area contributed by atoms with E-state index in [1.165, 1.54) is 0 Å². The number of carbonyl (C=O) groups is 1. The number of nitrogens with zero attached hydrogens (tertiary/aromatic N) is 1. The molecule has 0 aliphatic carbocycles. The van der Waals surface area contributed by atoms with E-state index in [0.717, 1.165) is 17.0 Å². The number of aliphatic hydroxyl groups is 1. The van der Waals surface area contributed by atoms with Crippen molar-refractivity contribution in [2.24, 2.45) is 0 Å². The van der Waals surface area contributed by atoms with Gasteiger partial charge >= 0.3 is 0 Å². The van der Waals surface area contributed by atoms with Crippen LogP contribution in [0.15, 0.2) is 18.2 Å². The van der Waals surface area contributed by atoms with Crippen LogP contribution in [0.3, 0.4) is 0 Å². The minimum Gasteiger partial charge on any atom is -0.496 e. The molecule has 3 N–H and O–H groups in total. The number of nitrogens with one attached hydrogen (secondary N) is 2. The zero-order valence-electron chi connectivity index (χ0n) is 13.1. The average Bonchev–Trinajstić information content (AvgIpc) is 2.83. The van der Waals surface area contributed by atoms with E-state index in [1.54, 1.807) is 25.3 Å². The Morgan fingerprint density at radius 3 is 2.77 bits per heavy atom. The van der Waals surface area contributed by atoms with E-state index in [2.05, 4.69) is 15.5 Å². The van der Waals surface area contributed by atoms with Gasteiger partial charge in [-0.15, -0.1) is 0 Å². The molecule has 1 heterocycles. The monoisotopic (exact) mass is 303 g/mol. The minimum atomic E-state index is -0.139. The summed E-state index contributed by atoms with van der Waals surface area (Å²) < 4.78 is 5.14. The number of aromatic amines is 1. The van der Waals surface area contributed by atoms with Crippen molar-refractivity contribution in [3.05, 3.63) is 40.7 Å². The number of amides is 1. The summed E-state index contributed by atoms with van der Waals surface area (Å²) in [5.41, 5.74) is 4.30. The molecule has 22 heavy (non-hydrogen) atoms. The van der Waals surface area contributed by atoms with Crippen molar-refractivity contribution < 1.29 is 14.6 Å². The Hall–Kier alpha value is -2.34. The number of anilines is 1. The van der Waals surface area contributed by atoms with Crippen molar-refractivity contribution in [3.63, 3.8) is 0 Å². The highest BCUT2D eigenvalue weighted by molar-refractivity contribution is 5.91. The lowest BCUT2D eigenvalue weighted by Crippen LogP contribution is -2.13. The van der Waals surface area contributed by atoms with Gasteiger partial charge in [0.1, 0.15) is 5.75 Å². The van der Waals surface area contributed by atoms with Crippen molar-refractivity contribution in [2.75, 3.05) is 12.4 Å². The molecule has 2 rings (SSSR count). The Bertz CT molecular complexity index is 645. The van der Waals surface area contributed by atoms with Crippen molar-refractivity contribution in [1.29, 1.82) is 0 Å². The number of hydrogen-bond donors (Lipinski definition) is 3. The van der Waals surface area contributed by atoms with Crippen LogP contribution in [0, 0.1) is 13.8 Å². The maximum Gasteiger partial charge on any atom is 0.224 e. The van der Waals surface area contributed by atoms with Gasteiger partial charge < -0.3 is 15.2 Å². The predicted molar refractivity (Wildman–Crippen MR) is 83.9 cm³/mol. The van der Waals surface area contributed by atoms with Crippen LogP contribution in [0.2, 0.25) is 0 Å². The van der Waals surface area contributed by atoms with E-state index in [1.807, 2.05) is 13.8 Å². The molecule has 1 amide bonds. The van der Waals surface area contributed by atoms with Crippen LogP contribution in [-0.4, -0.2) is 28.3 Å². The van der Waals surface area contributed by atoms with Gasteiger partial charge in [0.05, 0.1) is 19.4 Å². The fourth-order valence-electron chi connectivity index (χ4n) is 2.38. The molecule has 0 fully saturated rings. The molecule has 1 aromatic carbocycles. The Labute approximate surface area is 129 Å². The van der Waals surface area contributed by atoms with E-state index >= 15 is 0 Å². The van der Waals surface area contributed by atoms with Crippen molar-refractivity contribution in [1.82, 2.24) is 10.2 Å². The Morgan fingerprint density at radius 1 is 1.41 bits per heavy atom. The van der Waals surface area contributed by atoms with Crippen LogP contribution in [0.5, 0.6) is 5.75 Å². The highest BCUT2D eigenvalue weighted by Crippen LogP contribution is 2.22. The molecule has 118 valence electrons. The molecule has 1 aromatic heterocycles. The molecule has 6 nitrogen and oxygen atoms in total. The Morgan fingerprint density at radius 2 is 2.18 bits per heavy atom. The van der Waals surface area contributed by atoms with E-state index < -0.39 is 0 Å². The summed E-state index contributed by atoms with van der Waals surface area (Å²) in [5.74, 6) is 0.527. The fourth-order valence-corrected chi connectivity index (χ4v) is 2.38. The number of ether oxygens (including phenoxy) is 1. The summed E-state index contributed by atoms with van der Waals surface area (Å²) in [5, 5.41) is 19.2. The maximum atomic E-state index is 12.0. The maximum absolute atomic E-state index is 12.0. The SMILES string of the molecule is COc1ccc(NC(=O)CCc2c(C)n[nH]c2C)cc1CO. The first-order chi connectivity index (χ1) is 10.5. The van der Waals surface area contributed by atoms with Crippen LogP contribution < -0.4 is 10.1 Å². The van der Waals surface area contributed by atoms with E-state index in [0.29, 0.717) is 29.8 Å². The zero-order valence-corrected chi connectivity index (χ0v) is 13.1. The van der Waals surface area contributed by atoms with E-state index in [9.17, 15) is 9.90 Å². The third-order valence-electron chi connectivity index (χ3n) is 3.62. The number of H-pyrrole nitrogens is 1. The normalized spacial score (nSPS) is 10.5. The molecule has 0 radical (unpaired) electrons. The van der Waals surface area contributed by atoms with E-state index in [-0.39, 0.29) is 12.5 Å². The first-order valence-electron chi connectivity index (χ1n) is 7.13. The lowest BCUT2D eigenvalue weighted by Gasteiger charge is -2.10. The molecule has 0 bridgehead atoms. The summed E-state index contributed by atoms with van der Waals surface area (Å²) in [6.07, 6.45) is 1.02. The van der Waals surface area contributed by atoms with Gasteiger partial charge in [-0.2, -0.15) is 5.10 Å². The summed E-state index contributed by atoms with van der Waals surface area (Å²) in [6.45, 7) is 3.73. The molecule has 0 unspecified atom stereocenters. The second-order valence-electron chi connectivity index (χ2n) is 5.15. The molecule has 0 saturated heterocycles. The topological polar surface area (TPSA) is 87.2 Å². The number of benzene rings is 1. The van der Waals surface area contributed by atoms with Crippen LogP contribution in [0.4, 0.5) is 5.69 Å². The number of methoxy groups -OCH3 is 1. The first-order valence-corrected chi connectivity index (χ1v) is 7.13. The van der Waals surface area contributed by atoms with Crippen molar-refractivity contribution in [3.8, 4) is 5.75 Å². The quantitative estimate of drug-likeness (QED) is 0.762. The molecule has 0 atom stereocenters. The molecule has 0 aliphatic heterocycles. The van der Waals surface area contributed by atoms with Gasteiger partial charge in [-0.05, 0) is 44.0 Å². The molecule has 0 spiro atoms. The van der Waals surface area contributed by atoms with Crippen LogP contribution in [-0.2, 0) is 17.8 Å². The molecule has 6 heteroatoms. The first kappa shape index (κ1) is 16.0. The molecule has 0 aliphatic rings. The average molecular weight is 303 g/mol. The second kappa shape index (κ2) is 7.09. The number of aryl methyl sites for hydroxylation is 2. The number of rotatable bonds is 6. The molecular weight excluding hydrogens is 282 g/mol. The summed E-state index contributed by atoms with van der Waals surface area (Å²) in [4.78, 5) is 12.0. The van der Waals surface area contributed by atoms with Gasteiger partial charge in [-0.25, -0.2) is 0 Å². The van der Waals surface area contributed by atoms with Crippen LogP contribution in [0.25, 0.3) is 0 Å². The van der Waals surface area contributed by atoms with E-state index in [4.69, 9.17) is 4.74 Å². The van der Waals surface area contributed by atoms with Gasteiger partial charge in [0.25, 0.3) is 0 Å². The van der Waals surface area contributed by atoms with Gasteiger partial charge in [-0.1, -0.05) is 0 Å². The highest BCUT2D eigenvalue weighted by Gasteiger charge is 2.10. The van der Waals surface area contributed by atoms with Gasteiger partial charge in [0.15, 0.2) is 0 Å². The molecule has 0 saturated carbocycles. The lowest BCUT2D eigenvalue weighted by molar-refractivity contribution is -0.116. The van der Waals surface area contributed by atoms with Crippen molar-refractivity contribution in [2.45, 2.75) is 33.3 Å². The predicted octanol–water partition coefficient (Wildman–Crippen LogP) is 2.10. The van der Waals surface area contributed by atoms with Crippen LogP contribution >= 0.6 is 0 Å². The fraction of sp³-hybridized carbons (Fsp3) is 0.375. The van der Waals surface area contributed by atoms with Gasteiger partial charge in [0, 0.05) is 23.4 Å². The highest BCUT2D eigenvalue weighted by atomic mass is 16.5. The minimum absolute atomic E-state index is 0.0749. The standard InChI is InChI=1S/C16H21N3O3/c1-10-14(11(2)19-18-10)5-7-16(21)17-13-4-6-15(22-3)12(8-13)9-20/h4,6,8,20H,5,7,9H2,1-3H3,(H,17,21)(H,18,19). The van der Waals surface area contributed by atoms with Crippen molar-refractivity contribution >= 4 is 11.6 Å². The third kappa shape index (κ3) is 3.65. The molecular formula is C16H21N3O3. The third-order valence-corrected chi connectivity index (χ3v) is 3.62. The largest absolute Gasteiger partial charge is 0.496 e. The molecule has 2 aromatic rings. The lowest BCUT2D eigenvalue weighted by atomic mass is 10.1. The number of hydrogen-bond acceptors (Lipinski definition) is 4. The second-order valence-corrected chi connectivity index (χ2v) is 5.15. The smallest absolute Gasteiger partial charge is 0.224 e. The van der Waals surface area contributed by atoms with Gasteiger partial charge in [-0.3, -0.25) is 9.89 Å². The Kier molecular flexibility index (Phi) is 5.16. The number of aliphatic hydroxyl groups excluding tert-OH is 1. The number of aromatic nitrogens is 2. The summed E-state index contributed by atoms with van der Waals surface area (Å²) >= 11 is 0. The summed E-state index contributed by atoms with van der Waals surface area (Å²) in [7, 11) is 1.54. The van der Waals surface area contributed by atoms with Gasteiger partial charge in [0.2, 0.25) is 5.91 Å².